The molecule has 0 aromatic rings. The molecule has 0 spiro atoms. The molecule has 0 aromatic heterocycles. The largest absolute Gasteiger partial charge is 0.297 e. The van der Waals surface area contributed by atoms with Gasteiger partial charge in [0.05, 0.1) is 6.54 Å². The van der Waals surface area contributed by atoms with E-state index in [0.717, 1.165) is 10.9 Å². The lowest BCUT2D eigenvalue weighted by Crippen LogP contribution is -3.13. The summed E-state index contributed by atoms with van der Waals surface area (Å²) in [5, 5.41) is 0.256. The third kappa shape index (κ3) is 2.24. The maximum atomic E-state index is 12.4. The molecule has 18 heavy (non-hydrogen) atoms. The van der Waals surface area contributed by atoms with Gasteiger partial charge in [0.15, 0.2) is 10.6 Å². The number of thiocarbonyl (C=S) groups is 1. The van der Waals surface area contributed by atoms with Gasteiger partial charge in [-0.2, -0.15) is 0 Å². The predicted molar refractivity (Wildman–Crippen MR) is 82.6 cm³/mol. The molecule has 1 N–H and O–H groups in total. The number of thioether (sulfide) groups is 2. The molecule has 2 aliphatic rings. The van der Waals surface area contributed by atoms with Crippen LogP contribution in [0.25, 0.3) is 0 Å². The Morgan fingerprint density at radius 1 is 1.33 bits per heavy atom. The molecular formula is C12H19N2OS3+. The number of rotatable bonds is 3. The van der Waals surface area contributed by atoms with Crippen LogP contribution in [0.3, 0.4) is 0 Å². The summed E-state index contributed by atoms with van der Waals surface area (Å²) in [7, 11) is 0. The molecule has 0 aliphatic carbocycles. The van der Waals surface area contributed by atoms with Crippen molar-refractivity contribution in [1.82, 2.24) is 4.90 Å². The highest BCUT2D eigenvalue weighted by molar-refractivity contribution is 8.24. The van der Waals surface area contributed by atoms with Gasteiger partial charge in [-0.25, -0.2) is 0 Å². The summed E-state index contributed by atoms with van der Waals surface area (Å²) in [6.45, 7) is 10.2. The first-order chi connectivity index (χ1) is 8.51. The van der Waals surface area contributed by atoms with Crippen molar-refractivity contribution in [3.63, 3.8) is 0 Å². The fourth-order valence-corrected chi connectivity index (χ4v) is 5.80. The standard InChI is InChI=1S/C12H18N2OS3/c1-5-13-7(3)8(4)17-11(13)9-10(15)14(6-2)12(16)18-9/h9,11H,5-6H2,1-4H3/p+1/t9-,11+/m0/s1. The lowest BCUT2D eigenvalue weighted by Gasteiger charge is -2.23. The molecule has 0 saturated carbocycles. The number of hydrogen-bond acceptors (Lipinski definition) is 4. The van der Waals surface area contributed by atoms with Gasteiger partial charge in [-0.1, -0.05) is 35.7 Å². The van der Waals surface area contributed by atoms with Crippen LogP contribution in [0.5, 0.6) is 0 Å². The molecule has 0 bridgehead atoms. The fraction of sp³-hybridized carbons (Fsp3) is 0.667. The van der Waals surface area contributed by atoms with Crippen molar-refractivity contribution in [3.8, 4) is 0 Å². The Morgan fingerprint density at radius 2 is 2.00 bits per heavy atom. The Kier molecular flexibility index (Phi) is 4.41. The molecular weight excluding hydrogens is 284 g/mol. The van der Waals surface area contributed by atoms with Crippen molar-refractivity contribution in [3.05, 3.63) is 10.6 Å². The molecule has 0 radical (unpaired) electrons. The Balaban J connectivity index is 2.20. The Hall–Kier alpha value is -0.0400. The number of carbonyl (C=O) groups excluding carboxylic acids is 1. The highest BCUT2D eigenvalue weighted by Crippen LogP contribution is 2.37. The van der Waals surface area contributed by atoms with Gasteiger partial charge in [0.1, 0.15) is 10.0 Å². The minimum Gasteiger partial charge on any atom is -0.297 e. The van der Waals surface area contributed by atoms with Crippen LogP contribution in [0.15, 0.2) is 10.6 Å². The summed E-state index contributed by atoms with van der Waals surface area (Å²) in [6.07, 6.45) is 0. The average molecular weight is 303 g/mol. The van der Waals surface area contributed by atoms with Gasteiger partial charge in [-0.15, -0.1) is 0 Å². The molecule has 1 saturated heterocycles. The van der Waals surface area contributed by atoms with Crippen LogP contribution in [0.1, 0.15) is 27.7 Å². The maximum absolute atomic E-state index is 12.4. The van der Waals surface area contributed by atoms with Gasteiger partial charge in [-0.3, -0.25) is 14.6 Å². The Labute approximate surface area is 122 Å². The second-order valence-electron chi connectivity index (χ2n) is 4.49. The Morgan fingerprint density at radius 3 is 2.50 bits per heavy atom. The van der Waals surface area contributed by atoms with Crippen LogP contribution >= 0.6 is 35.7 Å². The third-order valence-electron chi connectivity index (χ3n) is 3.59. The first kappa shape index (κ1) is 14.4. The zero-order valence-electron chi connectivity index (χ0n) is 11.1. The lowest BCUT2D eigenvalue weighted by atomic mass is 10.3. The van der Waals surface area contributed by atoms with E-state index in [1.807, 2.05) is 18.7 Å². The van der Waals surface area contributed by atoms with E-state index in [1.54, 1.807) is 16.7 Å². The SMILES string of the molecule is CCN1C(=O)[C@@H]([C@H]2SC(C)=C(C)[NH+]2CC)SC1=S. The second kappa shape index (κ2) is 5.53. The minimum absolute atomic E-state index is 0.0233. The normalized spacial score (nSPS) is 32.9. The molecule has 1 unspecified atom stereocenters. The van der Waals surface area contributed by atoms with Gasteiger partial charge < -0.3 is 0 Å². The monoisotopic (exact) mass is 303 g/mol. The van der Waals surface area contributed by atoms with Crippen LogP contribution in [-0.4, -0.2) is 38.8 Å². The number of quaternary nitrogens is 1. The first-order valence-electron chi connectivity index (χ1n) is 6.23. The highest BCUT2D eigenvalue weighted by atomic mass is 32.2. The molecule has 2 aliphatic heterocycles. The Bertz CT molecular complexity index is 422. The molecule has 100 valence electrons. The van der Waals surface area contributed by atoms with Crippen molar-refractivity contribution in [2.75, 3.05) is 13.1 Å². The maximum Gasteiger partial charge on any atom is 0.248 e. The zero-order chi connectivity index (χ0) is 13.4. The van der Waals surface area contributed by atoms with Gasteiger partial charge in [0.2, 0.25) is 5.91 Å². The van der Waals surface area contributed by atoms with Crippen LogP contribution in [0, 0.1) is 0 Å². The van der Waals surface area contributed by atoms with Crippen LogP contribution in [0.2, 0.25) is 0 Å². The summed E-state index contributed by atoms with van der Waals surface area (Å²) >= 11 is 8.70. The average Bonchev–Trinajstić information content (AvgIpc) is 2.78. The van der Waals surface area contributed by atoms with E-state index >= 15 is 0 Å². The molecule has 3 nitrogen and oxygen atoms in total. The van der Waals surface area contributed by atoms with E-state index in [-0.39, 0.29) is 16.5 Å². The number of nitrogens with one attached hydrogen (secondary N) is 1. The number of hydrogen-bond donors (Lipinski definition) is 1. The van der Waals surface area contributed by atoms with Crippen molar-refractivity contribution in [2.24, 2.45) is 0 Å². The summed E-state index contributed by atoms with van der Waals surface area (Å²) in [4.78, 5) is 16.9. The lowest BCUT2D eigenvalue weighted by molar-refractivity contribution is -0.865. The number of carbonyl (C=O) groups is 1. The highest BCUT2D eigenvalue weighted by Gasteiger charge is 2.48. The predicted octanol–water partition coefficient (Wildman–Crippen LogP) is 1.46. The summed E-state index contributed by atoms with van der Waals surface area (Å²) in [5.74, 6) is 0.193. The topological polar surface area (TPSA) is 24.8 Å². The van der Waals surface area contributed by atoms with Crippen LogP contribution < -0.4 is 4.90 Å². The van der Waals surface area contributed by atoms with E-state index in [9.17, 15) is 4.79 Å². The van der Waals surface area contributed by atoms with Gasteiger partial charge >= 0.3 is 0 Å². The molecule has 6 heteroatoms. The summed E-state index contributed by atoms with van der Waals surface area (Å²) < 4.78 is 0.741. The van der Waals surface area contributed by atoms with Crippen LogP contribution in [-0.2, 0) is 4.79 Å². The quantitative estimate of drug-likeness (QED) is 0.798. The zero-order valence-corrected chi connectivity index (χ0v) is 13.6. The number of amides is 1. The molecule has 0 aromatic carbocycles. The van der Waals surface area contributed by atoms with Crippen molar-refractivity contribution >= 4 is 46.0 Å². The van der Waals surface area contributed by atoms with Crippen molar-refractivity contribution < 1.29 is 9.69 Å². The molecule has 2 heterocycles. The molecule has 2 rings (SSSR count). The van der Waals surface area contributed by atoms with Gasteiger partial charge in [0.25, 0.3) is 0 Å². The summed E-state index contributed by atoms with van der Waals surface area (Å²) in [6, 6.07) is 0. The minimum atomic E-state index is -0.0233. The van der Waals surface area contributed by atoms with E-state index < -0.39 is 0 Å². The van der Waals surface area contributed by atoms with E-state index in [2.05, 4.69) is 20.8 Å². The fourth-order valence-electron chi connectivity index (χ4n) is 2.44. The van der Waals surface area contributed by atoms with E-state index in [0.29, 0.717) is 6.54 Å². The molecule has 1 fully saturated rings. The van der Waals surface area contributed by atoms with Gasteiger partial charge in [-0.05, 0) is 20.8 Å². The summed E-state index contributed by atoms with van der Waals surface area (Å²) in [5.41, 5.74) is 1.38. The van der Waals surface area contributed by atoms with Crippen LogP contribution in [0.4, 0.5) is 0 Å². The van der Waals surface area contributed by atoms with Crippen molar-refractivity contribution in [1.29, 1.82) is 0 Å². The molecule has 1 amide bonds. The first-order valence-corrected chi connectivity index (χ1v) is 8.40. The second-order valence-corrected chi connectivity index (χ2v) is 7.62. The van der Waals surface area contributed by atoms with Crippen molar-refractivity contribution in [2.45, 2.75) is 38.3 Å². The number of allylic oxidation sites excluding steroid dienone is 2. The third-order valence-corrected chi connectivity index (χ3v) is 6.89. The smallest absolute Gasteiger partial charge is 0.248 e. The van der Waals surface area contributed by atoms with E-state index in [1.165, 1.54) is 15.5 Å². The molecule has 3 atom stereocenters. The van der Waals surface area contributed by atoms with E-state index in [4.69, 9.17) is 12.2 Å². The van der Waals surface area contributed by atoms with Gasteiger partial charge in [0, 0.05) is 18.4 Å². The number of nitrogens with zero attached hydrogens (tertiary/aromatic N) is 1.